The number of rotatable bonds is 8. The van der Waals surface area contributed by atoms with E-state index in [9.17, 15) is 4.79 Å². The third-order valence-electron chi connectivity index (χ3n) is 4.07. The second-order valence-electron chi connectivity index (χ2n) is 6.05. The van der Waals surface area contributed by atoms with Crippen molar-refractivity contribution in [2.24, 2.45) is 4.99 Å². The minimum absolute atomic E-state index is 0. The highest BCUT2D eigenvalue weighted by atomic mass is 127. The van der Waals surface area contributed by atoms with E-state index in [1.165, 1.54) is 0 Å². The first-order valence-electron chi connectivity index (χ1n) is 8.95. The van der Waals surface area contributed by atoms with E-state index in [1.54, 1.807) is 13.1 Å². The average Bonchev–Trinajstić information content (AvgIpc) is 2.68. The van der Waals surface area contributed by atoms with Crippen LogP contribution in [0, 0.1) is 0 Å². The van der Waals surface area contributed by atoms with Gasteiger partial charge >= 0.3 is 0 Å². The van der Waals surface area contributed by atoms with Gasteiger partial charge in [0, 0.05) is 51.9 Å². The number of benzene rings is 1. The Hall–Kier alpha value is -1.65. The maximum Gasteiger partial charge on any atom is 0.225 e. The Kier molecular flexibility index (Phi) is 11.7. The SMILES string of the molecule is C=CCNC(=NC)NCc1cccc(NC(=O)CCN2CCOCC2)c1.I. The molecule has 0 unspecified atom stereocenters. The molecule has 0 spiro atoms. The maximum atomic E-state index is 12.2. The molecule has 3 N–H and O–H groups in total. The topological polar surface area (TPSA) is 78.0 Å². The molecule has 150 valence electrons. The van der Waals surface area contributed by atoms with Crippen LogP contribution in [0.3, 0.4) is 0 Å². The van der Waals surface area contributed by atoms with E-state index in [0.29, 0.717) is 25.5 Å². The first kappa shape index (κ1) is 23.4. The van der Waals surface area contributed by atoms with E-state index in [-0.39, 0.29) is 29.9 Å². The highest BCUT2D eigenvalue weighted by Crippen LogP contribution is 2.11. The van der Waals surface area contributed by atoms with Gasteiger partial charge in [-0.1, -0.05) is 18.2 Å². The van der Waals surface area contributed by atoms with Crippen molar-refractivity contribution in [1.29, 1.82) is 0 Å². The third kappa shape index (κ3) is 9.21. The molecule has 0 aliphatic carbocycles. The smallest absolute Gasteiger partial charge is 0.225 e. The van der Waals surface area contributed by atoms with Gasteiger partial charge in [0.05, 0.1) is 13.2 Å². The normalized spacial score (nSPS) is 14.8. The summed E-state index contributed by atoms with van der Waals surface area (Å²) in [5, 5.41) is 9.32. The largest absolute Gasteiger partial charge is 0.379 e. The number of aliphatic imine (C=N–C) groups is 1. The molecule has 1 aliphatic heterocycles. The van der Waals surface area contributed by atoms with Crippen LogP contribution in [0.25, 0.3) is 0 Å². The Morgan fingerprint density at radius 3 is 2.81 bits per heavy atom. The van der Waals surface area contributed by atoms with Gasteiger partial charge in [0.15, 0.2) is 5.96 Å². The van der Waals surface area contributed by atoms with Crippen LogP contribution < -0.4 is 16.0 Å². The van der Waals surface area contributed by atoms with Crippen LogP contribution >= 0.6 is 24.0 Å². The Morgan fingerprint density at radius 2 is 2.11 bits per heavy atom. The molecule has 8 heteroatoms. The number of halogens is 1. The molecule has 1 aromatic rings. The molecule has 1 amide bonds. The van der Waals surface area contributed by atoms with Crippen molar-refractivity contribution in [1.82, 2.24) is 15.5 Å². The highest BCUT2D eigenvalue weighted by molar-refractivity contribution is 14.0. The summed E-state index contributed by atoms with van der Waals surface area (Å²) in [6.45, 7) is 9.01. The lowest BCUT2D eigenvalue weighted by Crippen LogP contribution is -2.38. The number of nitrogens with zero attached hydrogens (tertiary/aromatic N) is 2. The van der Waals surface area contributed by atoms with Gasteiger partial charge in [-0.2, -0.15) is 0 Å². The Balaban J connectivity index is 0.00000364. The van der Waals surface area contributed by atoms with Gasteiger partial charge in [-0.15, -0.1) is 30.6 Å². The van der Waals surface area contributed by atoms with Gasteiger partial charge in [-0.25, -0.2) is 0 Å². The predicted molar refractivity (Wildman–Crippen MR) is 121 cm³/mol. The summed E-state index contributed by atoms with van der Waals surface area (Å²) in [5.41, 5.74) is 1.88. The van der Waals surface area contributed by atoms with Gasteiger partial charge in [0.25, 0.3) is 0 Å². The summed E-state index contributed by atoms with van der Waals surface area (Å²) in [6, 6.07) is 7.83. The van der Waals surface area contributed by atoms with Crippen LogP contribution in [0.5, 0.6) is 0 Å². The van der Waals surface area contributed by atoms with Gasteiger partial charge in [0.2, 0.25) is 5.91 Å². The van der Waals surface area contributed by atoms with Crippen molar-refractivity contribution >= 4 is 41.5 Å². The summed E-state index contributed by atoms with van der Waals surface area (Å²) in [7, 11) is 1.73. The highest BCUT2D eigenvalue weighted by Gasteiger charge is 2.12. The number of carbonyl (C=O) groups is 1. The Morgan fingerprint density at radius 1 is 1.33 bits per heavy atom. The summed E-state index contributed by atoms with van der Waals surface area (Å²) in [4.78, 5) is 18.6. The second-order valence-corrected chi connectivity index (χ2v) is 6.05. The van der Waals surface area contributed by atoms with Gasteiger partial charge < -0.3 is 20.7 Å². The predicted octanol–water partition coefficient (Wildman–Crippen LogP) is 1.82. The molecule has 0 saturated carbocycles. The number of anilines is 1. The molecule has 0 atom stereocenters. The Labute approximate surface area is 178 Å². The molecule has 7 nitrogen and oxygen atoms in total. The first-order chi connectivity index (χ1) is 12.7. The number of guanidine groups is 1. The molecule has 2 rings (SSSR count). The number of amides is 1. The van der Waals surface area contributed by atoms with E-state index in [1.807, 2.05) is 24.3 Å². The van der Waals surface area contributed by atoms with Crippen LogP contribution in [0.2, 0.25) is 0 Å². The summed E-state index contributed by atoms with van der Waals surface area (Å²) < 4.78 is 5.32. The Bertz CT molecular complexity index is 618. The van der Waals surface area contributed by atoms with Gasteiger partial charge in [0.1, 0.15) is 0 Å². The van der Waals surface area contributed by atoms with E-state index in [2.05, 4.69) is 32.4 Å². The average molecular weight is 487 g/mol. The molecule has 1 fully saturated rings. The molecule has 1 saturated heterocycles. The van der Waals surface area contributed by atoms with Crippen LogP contribution in [-0.4, -0.2) is 63.2 Å². The zero-order chi connectivity index (χ0) is 18.6. The summed E-state index contributed by atoms with van der Waals surface area (Å²) in [5.74, 6) is 0.745. The number of nitrogens with one attached hydrogen (secondary N) is 3. The van der Waals surface area contributed by atoms with Crippen molar-refractivity contribution in [2.75, 3.05) is 51.8 Å². The second kappa shape index (κ2) is 13.5. The monoisotopic (exact) mass is 487 g/mol. The minimum Gasteiger partial charge on any atom is -0.379 e. The lowest BCUT2D eigenvalue weighted by molar-refractivity contribution is -0.116. The molecule has 0 bridgehead atoms. The first-order valence-corrected chi connectivity index (χ1v) is 8.95. The molecular formula is C19H30IN5O2. The van der Waals surface area contributed by atoms with E-state index in [0.717, 1.165) is 44.1 Å². The molecular weight excluding hydrogens is 457 g/mol. The molecule has 27 heavy (non-hydrogen) atoms. The molecule has 0 radical (unpaired) electrons. The molecule has 1 aromatic carbocycles. The van der Waals surface area contributed by atoms with Crippen molar-refractivity contribution in [3.63, 3.8) is 0 Å². The number of hydrogen-bond acceptors (Lipinski definition) is 4. The zero-order valence-electron chi connectivity index (χ0n) is 15.9. The van der Waals surface area contributed by atoms with E-state index in [4.69, 9.17) is 4.74 Å². The van der Waals surface area contributed by atoms with Crippen molar-refractivity contribution in [3.8, 4) is 0 Å². The van der Waals surface area contributed by atoms with E-state index < -0.39 is 0 Å². The quantitative estimate of drug-likeness (QED) is 0.226. The number of ether oxygens (including phenoxy) is 1. The molecule has 1 heterocycles. The fourth-order valence-corrected chi connectivity index (χ4v) is 2.64. The fourth-order valence-electron chi connectivity index (χ4n) is 2.64. The molecule has 1 aliphatic rings. The summed E-state index contributed by atoms with van der Waals surface area (Å²) >= 11 is 0. The van der Waals surface area contributed by atoms with Gasteiger partial charge in [-0.05, 0) is 17.7 Å². The van der Waals surface area contributed by atoms with Crippen LogP contribution in [0.4, 0.5) is 5.69 Å². The number of morpholine rings is 1. The van der Waals surface area contributed by atoms with E-state index >= 15 is 0 Å². The lowest BCUT2D eigenvalue weighted by atomic mass is 10.2. The lowest BCUT2D eigenvalue weighted by Gasteiger charge is -2.26. The number of hydrogen-bond donors (Lipinski definition) is 3. The fraction of sp³-hybridized carbons (Fsp3) is 0.474. The minimum atomic E-state index is 0. The van der Waals surface area contributed by atoms with Gasteiger partial charge in [-0.3, -0.25) is 14.7 Å². The number of carbonyl (C=O) groups excluding carboxylic acids is 1. The van der Waals surface area contributed by atoms with Crippen LogP contribution in [0.1, 0.15) is 12.0 Å². The van der Waals surface area contributed by atoms with Crippen molar-refractivity contribution in [2.45, 2.75) is 13.0 Å². The zero-order valence-corrected chi connectivity index (χ0v) is 18.2. The maximum absolute atomic E-state index is 12.2. The van der Waals surface area contributed by atoms with Crippen molar-refractivity contribution < 1.29 is 9.53 Å². The molecule has 0 aromatic heterocycles. The van der Waals surface area contributed by atoms with Crippen LogP contribution in [0.15, 0.2) is 41.9 Å². The van der Waals surface area contributed by atoms with Crippen molar-refractivity contribution in [3.05, 3.63) is 42.5 Å². The standard InChI is InChI=1S/C19H29N5O2.HI/c1-3-8-21-19(20-2)22-15-16-5-4-6-17(14-16)23-18(25)7-9-24-10-12-26-13-11-24;/h3-6,14H,1,7-13,15H2,2H3,(H,23,25)(H2,20,21,22);1H. The summed E-state index contributed by atoms with van der Waals surface area (Å²) in [6.07, 6.45) is 2.26. The third-order valence-corrected chi connectivity index (χ3v) is 4.07. The van der Waals surface area contributed by atoms with Crippen LogP contribution in [-0.2, 0) is 16.1 Å².